The predicted molar refractivity (Wildman–Crippen MR) is 98.3 cm³/mol. The molecule has 1 atom stereocenters. The van der Waals surface area contributed by atoms with Gasteiger partial charge in [-0.3, -0.25) is 0 Å². The van der Waals surface area contributed by atoms with E-state index >= 15 is 0 Å². The first kappa shape index (κ1) is 22.5. The molecule has 3 rings (SSSR count). The number of hydrogen-bond donors (Lipinski definition) is 0. The second-order valence-corrected chi connectivity index (χ2v) is 11.6. The van der Waals surface area contributed by atoms with E-state index in [1.165, 1.54) is 25.1 Å². The first-order valence-corrected chi connectivity index (χ1v) is 12.0. The Bertz CT molecular complexity index is 913. The summed E-state index contributed by atoms with van der Waals surface area (Å²) >= 11 is 0. The molecule has 1 aliphatic heterocycles. The normalized spacial score (nSPS) is 26.4. The van der Waals surface area contributed by atoms with E-state index in [0.29, 0.717) is 31.2 Å². The van der Waals surface area contributed by atoms with Gasteiger partial charge in [0.25, 0.3) is 0 Å². The molecule has 2 aliphatic rings. The first-order chi connectivity index (χ1) is 13.3. The van der Waals surface area contributed by atoms with Gasteiger partial charge in [-0.25, -0.2) is 0 Å². The van der Waals surface area contributed by atoms with Crippen molar-refractivity contribution < 1.29 is 38.4 Å². The van der Waals surface area contributed by atoms with Crippen LogP contribution in [-0.4, -0.2) is 19.4 Å². The number of allylic oxidation sites excluding steroid dienone is 1. The molecule has 29 heavy (non-hydrogen) atoms. The van der Waals surface area contributed by atoms with Crippen molar-refractivity contribution in [3.63, 3.8) is 0 Å². The fourth-order valence-corrected chi connectivity index (χ4v) is 8.71. The lowest BCUT2D eigenvalue weighted by atomic mass is 9.98. The Morgan fingerprint density at radius 3 is 2.10 bits per heavy atom. The van der Waals surface area contributed by atoms with Crippen LogP contribution in [0.15, 0.2) is 28.0 Å². The number of hydrogen-bond acceptors (Lipinski definition) is 3. The molecule has 1 saturated carbocycles. The van der Waals surface area contributed by atoms with Crippen LogP contribution in [0.5, 0.6) is 0 Å². The van der Waals surface area contributed by atoms with Crippen molar-refractivity contribution in [2.24, 2.45) is 5.92 Å². The minimum atomic E-state index is -6.48. The highest BCUT2D eigenvalue weighted by Crippen LogP contribution is 2.79. The number of aryl methyl sites for hydroxylation is 1. The van der Waals surface area contributed by atoms with Gasteiger partial charge in [-0.05, 0) is 49.0 Å². The van der Waals surface area contributed by atoms with Crippen LogP contribution in [0.4, 0.5) is 26.3 Å². The van der Waals surface area contributed by atoms with E-state index in [-0.39, 0.29) is 10.5 Å². The largest absolute Gasteiger partial charge is 0.523 e. The maximum absolute atomic E-state index is 14.5. The number of benzene rings is 1. The average Bonchev–Trinajstić information content (AvgIpc) is 2.74. The minimum Gasteiger partial charge on any atom is -0.196 e. The van der Waals surface area contributed by atoms with E-state index in [1.807, 2.05) is 0 Å². The van der Waals surface area contributed by atoms with Crippen molar-refractivity contribution in [1.82, 2.24) is 0 Å². The Morgan fingerprint density at radius 1 is 1.00 bits per heavy atom. The molecule has 0 saturated heterocycles. The highest BCUT2D eigenvalue weighted by Gasteiger charge is 2.65. The molecule has 3 nitrogen and oxygen atoms in total. The Hall–Kier alpha value is -1.20. The van der Waals surface area contributed by atoms with Crippen LogP contribution in [0, 0.1) is 12.8 Å². The summed E-state index contributed by atoms with van der Waals surface area (Å²) in [5.74, 6) is -0.690. The Morgan fingerprint density at radius 2 is 1.59 bits per heavy atom. The van der Waals surface area contributed by atoms with Crippen LogP contribution >= 0.6 is 10.3 Å². The van der Waals surface area contributed by atoms with Gasteiger partial charge in [-0.1, -0.05) is 37.8 Å². The fourth-order valence-electron chi connectivity index (χ4n) is 3.84. The lowest BCUT2D eigenvalue weighted by Crippen LogP contribution is -2.33. The van der Waals surface area contributed by atoms with Crippen molar-refractivity contribution in [3.8, 4) is 0 Å². The van der Waals surface area contributed by atoms with E-state index in [4.69, 9.17) is 0 Å². The zero-order valence-electron chi connectivity index (χ0n) is 15.4. The fraction of sp³-hybridized carbons (Fsp3) is 0.556. The van der Waals surface area contributed by atoms with Crippen LogP contribution in [0.3, 0.4) is 0 Å². The second kappa shape index (κ2) is 7.49. The zero-order valence-corrected chi connectivity index (χ0v) is 17.1. The molecule has 1 aromatic carbocycles. The van der Waals surface area contributed by atoms with Crippen LogP contribution < -0.4 is 0 Å². The van der Waals surface area contributed by atoms with Crippen molar-refractivity contribution in [3.05, 3.63) is 34.2 Å². The number of rotatable bonds is 3. The summed E-state index contributed by atoms with van der Waals surface area (Å²) in [7, 11) is -11.4. The highest BCUT2D eigenvalue weighted by molar-refractivity contribution is 8.37. The van der Waals surface area contributed by atoms with E-state index in [0.717, 1.165) is 18.9 Å². The Kier molecular flexibility index (Phi) is 5.81. The lowest BCUT2D eigenvalue weighted by Gasteiger charge is -2.41. The van der Waals surface area contributed by atoms with Crippen LogP contribution in [-0.2, 0) is 13.7 Å². The molecule has 0 aromatic heterocycles. The molecule has 1 heterocycles. The average molecular weight is 462 g/mol. The van der Waals surface area contributed by atoms with Crippen LogP contribution in [0.1, 0.15) is 49.7 Å². The van der Waals surface area contributed by atoms with Gasteiger partial charge in [0, 0.05) is 20.1 Å². The maximum Gasteiger partial charge on any atom is 0.523 e. The second-order valence-electron chi connectivity index (χ2n) is 7.25. The van der Waals surface area contributed by atoms with Gasteiger partial charge in [-0.2, -0.15) is 38.4 Å². The molecule has 1 fully saturated rings. The Labute approximate surface area is 166 Å². The van der Waals surface area contributed by atoms with Crippen molar-refractivity contribution in [1.29, 1.82) is 0 Å². The number of halogens is 6. The molecule has 1 aliphatic carbocycles. The molecule has 11 heteroatoms. The molecule has 1 unspecified atom stereocenters. The summed E-state index contributed by atoms with van der Waals surface area (Å²) in [5.41, 5.74) is -10.9. The number of fused-ring (bicyclic) bond motifs is 1. The molecule has 0 bridgehead atoms. The maximum atomic E-state index is 14.5. The standard InChI is InChI=1S/C18H20F6O3S2/c1-12-8-9-14-11-16(13-6-4-2-3-5-7-13)28(15(14)10-12,17(19,20)21)27-29(25,26)18(22,23)24/h8-11,13H,2-7H2,1H3. The molecule has 0 amide bonds. The van der Waals surface area contributed by atoms with Crippen LogP contribution in [0.2, 0.25) is 0 Å². The summed E-state index contributed by atoms with van der Waals surface area (Å²) < 4.78 is 110. The SMILES string of the molecule is Cc1ccc2c(c1)S(OS(=O)(=O)C(F)(F)F)(C(F)(F)F)C(C1CCCCCC1)=C2. The minimum absolute atomic E-state index is 0.0551. The summed E-state index contributed by atoms with van der Waals surface area (Å²) in [6, 6.07) is 3.99. The van der Waals surface area contributed by atoms with Gasteiger partial charge in [0.05, 0.1) is 0 Å². The van der Waals surface area contributed by atoms with Crippen molar-refractivity contribution in [2.75, 3.05) is 0 Å². The van der Waals surface area contributed by atoms with Gasteiger partial charge in [0.15, 0.2) is 0 Å². The monoisotopic (exact) mass is 462 g/mol. The van der Waals surface area contributed by atoms with Gasteiger partial charge in [0.1, 0.15) is 0 Å². The Balaban J connectivity index is 2.26. The molecule has 0 spiro atoms. The highest BCUT2D eigenvalue weighted by atomic mass is 32.3. The third kappa shape index (κ3) is 3.93. The molecule has 0 radical (unpaired) electrons. The van der Waals surface area contributed by atoms with Crippen LogP contribution in [0.25, 0.3) is 6.08 Å². The van der Waals surface area contributed by atoms with Gasteiger partial charge in [-0.15, -0.1) is 0 Å². The van der Waals surface area contributed by atoms with E-state index < -0.39 is 42.3 Å². The van der Waals surface area contributed by atoms with Gasteiger partial charge >= 0.3 is 21.1 Å². The number of alkyl halides is 6. The quantitative estimate of drug-likeness (QED) is 0.282. The topological polar surface area (TPSA) is 43.4 Å². The van der Waals surface area contributed by atoms with E-state index in [9.17, 15) is 34.8 Å². The first-order valence-electron chi connectivity index (χ1n) is 9.04. The zero-order chi connectivity index (χ0) is 21.7. The van der Waals surface area contributed by atoms with Gasteiger partial charge in [0.2, 0.25) is 0 Å². The third-order valence-corrected chi connectivity index (χ3v) is 10.0. The lowest BCUT2D eigenvalue weighted by molar-refractivity contribution is -0.0547. The predicted octanol–water partition coefficient (Wildman–Crippen LogP) is 6.78. The van der Waals surface area contributed by atoms with E-state index in [2.05, 4.69) is 3.63 Å². The van der Waals surface area contributed by atoms with E-state index in [1.54, 1.807) is 0 Å². The molecular formula is C18H20F6O3S2. The molecule has 164 valence electrons. The summed E-state index contributed by atoms with van der Waals surface area (Å²) in [5, 5.41) is 0. The smallest absolute Gasteiger partial charge is 0.196 e. The summed E-state index contributed by atoms with van der Waals surface area (Å²) in [6.45, 7) is 1.49. The van der Waals surface area contributed by atoms with Gasteiger partial charge < -0.3 is 0 Å². The van der Waals surface area contributed by atoms with Crippen molar-refractivity contribution >= 4 is 26.5 Å². The summed E-state index contributed by atoms with van der Waals surface area (Å²) in [4.78, 5) is -0.905. The third-order valence-electron chi connectivity index (χ3n) is 5.17. The summed E-state index contributed by atoms with van der Waals surface area (Å²) in [6.07, 6.45) is 4.75. The molecule has 1 aromatic rings. The van der Waals surface area contributed by atoms with Crippen molar-refractivity contribution in [2.45, 2.75) is 61.4 Å². The molecule has 0 N–H and O–H groups in total. The molecular weight excluding hydrogens is 442 g/mol.